The third kappa shape index (κ3) is 2.76. The highest BCUT2D eigenvalue weighted by Crippen LogP contribution is 2.39. The molecule has 0 aliphatic rings. The van der Waals surface area contributed by atoms with Gasteiger partial charge in [-0.1, -0.05) is 61.3 Å². The first-order valence-corrected chi connectivity index (χ1v) is 7.59. The molecule has 0 amide bonds. The van der Waals surface area contributed by atoms with E-state index in [1.54, 1.807) is 24.3 Å². The van der Waals surface area contributed by atoms with Crippen molar-refractivity contribution in [2.24, 2.45) is 0 Å². The van der Waals surface area contributed by atoms with Crippen molar-refractivity contribution in [3.63, 3.8) is 0 Å². The topological polar surface area (TPSA) is 20.2 Å². The van der Waals surface area contributed by atoms with Crippen LogP contribution in [0.25, 0.3) is 0 Å². The summed E-state index contributed by atoms with van der Waals surface area (Å²) in [6.45, 7) is 1.95. The summed E-state index contributed by atoms with van der Waals surface area (Å²) in [5.41, 5.74) is -0.498. The van der Waals surface area contributed by atoms with Gasteiger partial charge in [0.15, 0.2) is 0 Å². The van der Waals surface area contributed by atoms with Crippen LogP contribution in [0.3, 0.4) is 0 Å². The molecule has 2 rings (SSSR count). The number of aliphatic hydroxyl groups is 1. The van der Waals surface area contributed by atoms with Crippen LogP contribution >= 0.6 is 27.5 Å². The molecule has 20 heavy (non-hydrogen) atoms. The van der Waals surface area contributed by atoms with E-state index < -0.39 is 11.4 Å². The van der Waals surface area contributed by atoms with Crippen molar-refractivity contribution in [1.82, 2.24) is 0 Å². The maximum Gasteiger partial charge on any atom is 0.149 e. The van der Waals surface area contributed by atoms with Gasteiger partial charge >= 0.3 is 0 Å². The molecule has 0 spiro atoms. The SMILES string of the molecule is CCCC(O)(c1ccccc1)c1ccc(Br)c(Cl)c1F. The van der Waals surface area contributed by atoms with Gasteiger partial charge in [-0.2, -0.15) is 0 Å². The molecule has 0 saturated carbocycles. The molecule has 1 nitrogen and oxygen atoms in total. The minimum Gasteiger partial charge on any atom is -0.380 e. The molecule has 0 saturated heterocycles. The van der Waals surface area contributed by atoms with Gasteiger partial charge in [0, 0.05) is 10.0 Å². The van der Waals surface area contributed by atoms with Crippen molar-refractivity contribution in [1.29, 1.82) is 0 Å². The van der Waals surface area contributed by atoms with E-state index in [9.17, 15) is 9.50 Å². The Morgan fingerprint density at radius 3 is 2.45 bits per heavy atom. The largest absolute Gasteiger partial charge is 0.380 e. The summed E-state index contributed by atoms with van der Waals surface area (Å²) >= 11 is 9.13. The van der Waals surface area contributed by atoms with Crippen LogP contribution < -0.4 is 0 Å². The molecule has 106 valence electrons. The number of benzene rings is 2. The minimum atomic E-state index is -1.37. The van der Waals surface area contributed by atoms with Gasteiger partial charge in [-0.25, -0.2) is 4.39 Å². The van der Waals surface area contributed by atoms with Crippen LogP contribution in [0.1, 0.15) is 30.9 Å². The molecule has 0 radical (unpaired) electrons. The Kier molecular flexibility index (Phi) is 4.84. The molecule has 2 aromatic carbocycles. The molecule has 1 atom stereocenters. The smallest absolute Gasteiger partial charge is 0.149 e. The Labute approximate surface area is 131 Å². The van der Waals surface area contributed by atoms with Crippen molar-refractivity contribution in [3.8, 4) is 0 Å². The molecular weight excluding hydrogens is 343 g/mol. The van der Waals surface area contributed by atoms with E-state index in [1.807, 2.05) is 25.1 Å². The second-order valence-corrected chi connectivity index (χ2v) is 5.93. The van der Waals surface area contributed by atoms with Crippen LogP contribution in [0.2, 0.25) is 5.02 Å². The standard InChI is InChI=1S/C16H15BrClFO/c1-2-10-16(20,11-6-4-3-5-7-11)12-8-9-13(17)14(18)15(12)19/h3-9,20H,2,10H2,1H3. The maximum absolute atomic E-state index is 14.4. The highest BCUT2D eigenvalue weighted by atomic mass is 79.9. The molecular formula is C16H15BrClFO. The average molecular weight is 358 g/mol. The van der Waals surface area contributed by atoms with Crippen molar-refractivity contribution in [2.45, 2.75) is 25.4 Å². The fourth-order valence-corrected chi connectivity index (χ4v) is 2.83. The van der Waals surface area contributed by atoms with E-state index in [0.717, 1.165) is 6.42 Å². The molecule has 2 aromatic rings. The zero-order valence-electron chi connectivity index (χ0n) is 11.0. The lowest BCUT2D eigenvalue weighted by Gasteiger charge is -2.30. The van der Waals surface area contributed by atoms with Gasteiger partial charge in [-0.15, -0.1) is 0 Å². The number of halogens is 3. The Balaban J connectivity index is 2.63. The predicted octanol–water partition coefficient (Wildman–Crippen LogP) is 5.28. The second-order valence-electron chi connectivity index (χ2n) is 4.70. The number of hydrogen-bond acceptors (Lipinski definition) is 1. The van der Waals surface area contributed by atoms with Crippen LogP contribution in [-0.4, -0.2) is 5.11 Å². The van der Waals surface area contributed by atoms with Crippen LogP contribution in [0.5, 0.6) is 0 Å². The molecule has 0 heterocycles. The molecule has 0 aliphatic carbocycles. The van der Waals surface area contributed by atoms with Crippen LogP contribution in [0.15, 0.2) is 46.9 Å². The van der Waals surface area contributed by atoms with E-state index in [0.29, 0.717) is 16.5 Å². The van der Waals surface area contributed by atoms with Gasteiger partial charge in [-0.3, -0.25) is 0 Å². The van der Waals surface area contributed by atoms with Crippen molar-refractivity contribution < 1.29 is 9.50 Å². The summed E-state index contributed by atoms with van der Waals surface area (Å²) in [6, 6.07) is 12.3. The van der Waals surface area contributed by atoms with Gasteiger partial charge in [0.1, 0.15) is 11.4 Å². The first kappa shape index (κ1) is 15.5. The minimum absolute atomic E-state index is 0.00652. The normalized spacial score (nSPS) is 14.1. The van der Waals surface area contributed by atoms with Gasteiger partial charge in [0.05, 0.1) is 5.02 Å². The third-order valence-corrected chi connectivity index (χ3v) is 4.60. The van der Waals surface area contributed by atoms with E-state index in [4.69, 9.17) is 11.6 Å². The fraction of sp³-hybridized carbons (Fsp3) is 0.250. The summed E-state index contributed by atoms with van der Waals surface area (Å²) in [6.07, 6.45) is 1.14. The van der Waals surface area contributed by atoms with Gasteiger partial charge in [-0.05, 0) is 34.0 Å². The summed E-state index contributed by atoms with van der Waals surface area (Å²) in [5.74, 6) is -0.583. The van der Waals surface area contributed by atoms with Crippen LogP contribution in [0, 0.1) is 5.82 Å². The summed E-state index contributed by atoms with van der Waals surface area (Å²) in [4.78, 5) is 0. The first-order valence-electron chi connectivity index (χ1n) is 6.42. The highest BCUT2D eigenvalue weighted by molar-refractivity contribution is 9.10. The highest BCUT2D eigenvalue weighted by Gasteiger charge is 2.34. The Morgan fingerprint density at radius 1 is 1.20 bits per heavy atom. The average Bonchev–Trinajstić information content (AvgIpc) is 2.46. The molecule has 0 bridgehead atoms. The Morgan fingerprint density at radius 2 is 1.85 bits per heavy atom. The lowest BCUT2D eigenvalue weighted by Crippen LogP contribution is -2.28. The molecule has 4 heteroatoms. The monoisotopic (exact) mass is 356 g/mol. The van der Waals surface area contributed by atoms with Gasteiger partial charge in [0.2, 0.25) is 0 Å². The second kappa shape index (κ2) is 6.25. The van der Waals surface area contributed by atoms with E-state index in [2.05, 4.69) is 15.9 Å². The molecule has 1 unspecified atom stereocenters. The number of hydrogen-bond donors (Lipinski definition) is 1. The lowest BCUT2D eigenvalue weighted by atomic mass is 9.82. The van der Waals surface area contributed by atoms with Crippen LogP contribution in [0.4, 0.5) is 4.39 Å². The fourth-order valence-electron chi connectivity index (χ4n) is 2.36. The van der Waals surface area contributed by atoms with Crippen LogP contribution in [-0.2, 0) is 5.60 Å². The van der Waals surface area contributed by atoms with Gasteiger partial charge < -0.3 is 5.11 Å². The summed E-state index contributed by atoms with van der Waals surface area (Å²) in [7, 11) is 0. The number of rotatable bonds is 4. The van der Waals surface area contributed by atoms with Gasteiger partial charge in [0.25, 0.3) is 0 Å². The zero-order valence-corrected chi connectivity index (χ0v) is 13.4. The molecule has 0 fully saturated rings. The maximum atomic E-state index is 14.4. The van der Waals surface area contributed by atoms with E-state index >= 15 is 0 Å². The summed E-state index contributed by atoms with van der Waals surface area (Å²) in [5, 5.41) is 11.0. The zero-order chi connectivity index (χ0) is 14.8. The molecule has 1 N–H and O–H groups in total. The predicted molar refractivity (Wildman–Crippen MR) is 83.5 cm³/mol. The van der Waals surface area contributed by atoms with E-state index in [-0.39, 0.29) is 10.6 Å². The quantitative estimate of drug-likeness (QED) is 0.738. The molecule has 0 aromatic heterocycles. The lowest BCUT2D eigenvalue weighted by molar-refractivity contribution is 0.0663. The van der Waals surface area contributed by atoms with E-state index in [1.165, 1.54) is 0 Å². The van der Waals surface area contributed by atoms with Crippen molar-refractivity contribution >= 4 is 27.5 Å². The summed E-state index contributed by atoms with van der Waals surface area (Å²) < 4.78 is 14.9. The first-order chi connectivity index (χ1) is 9.50. The Hall–Kier alpha value is -0.900. The van der Waals surface area contributed by atoms with Crippen molar-refractivity contribution in [3.05, 3.63) is 68.9 Å². The molecule has 0 aliphatic heterocycles. The Bertz CT molecular complexity index is 603. The van der Waals surface area contributed by atoms with Crippen molar-refractivity contribution in [2.75, 3.05) is 0 Å². The third-order valence-electron chi connectivity index (χ3n) is 3.34.